The summed E-state index contributed by atoms with van der Waals surface area (Å²) < 4.78 is 5.98. The summed E-state index contributed by atoms with van der Waals surface area (Å²) in [5, 5.41) is 20.4. The van der Waals surface area contributed by atoms with Crippen LogP contribution in [0.25, 0.3) is 10.9 Å². The van der Waals surface area contributed by atoms with Gasteiger partial charge in [-0.05, 0) is 65.7 Å². The summed E-state index contributed by atoms with van der Waals surface area (Å²) in [6, 6.07) is 15.5. The third-order valence-corrected chi connectivity index (χ3v) is 7.57. The molecule has 182 valence electrons. The van der Waals surface area contributed by atoms with Crippen LogP contribution in [0.5, 0.6) is 11.6 Å². The first-order valence-electron chi connectivity index (χ1n) is 12.0. The molecule has 8 nitrogen and oxygen atoms in total. The van der Waals surface area contributed by atoms with Crippen LogP contribution in [-0.4, -0.2) is 46.9 Å². The molecule has 0 fully saturated rings. The number of aromatic nitrogens is 2. The molecule has 4 aromatic rings. The number of hydrazone groups is 1. The Morgan fingerprint density at radius 2 is 2.14 bits per heavy atom. The number of carbonyl (C=O) groups excluding carboxylic acids is 1. The van der Waals surface area contributed by atoms with Gasteiger partial charge in [-0.25, -0.2) is 4.98 Å². The molecular formula is C27H25N5O3S. The Kier molecular flexibility index (Phi) is 5.98. The fourth-order valence-corrected chi connectivity index (χ4v) is 5.38. The average molecular weight is 500 g/mol. The fraction of sp³-hybridized carbons (Fsp3) is 0.259. The van der Waals surface area contributed by atoms with E-state index in [1.165, 1.54) is 4.88 Å². The monoisotopic (exact) mass is 499 g/mol. The molecule has 6 rings (SSSR count). The van der Waals surface area contributed by atoms with Crippen LogP contribution in [0.1, 0.15) is 44.0 Å². The SMILES string of the molecule is O=C(NCCc1cccs1)c1ccc2c(c1)CC(c1nc(O)c3cc(C4C=NNC4)ccc3n1)CO2. The second kappa shape index (κ2) is 9.58. The summed E-state index contributed by atoms with van der Waals surface area (Å²) in [7, 11) is 0. The fourth-order valence-electron chi connectivity index (χ4n) is 4.67. The Morgan fingerprint density at radius 3 is 2.97 bits per heavy atom. The minimum absolute atomic E-state index is 0.0376. The molecule has 0 bridgehead atoms. The largest absolute Gasteiger partial charge is 0.493 e. The Balaban J connectivity index is 1.18. The molecule has 1 amide bonds. The summed E-state index contributed by atoms with van der Waals surface area (Å²) >= 11 is 1.69. The van der Waals surface area contributed by atoms with E-state index in [1.54, 1.807) is 17.4 Å². The maximum absolute atomic E-state index is 12.7. The van der Waals surface area contributed by atoms with Gasteiger partial charge in [-0.1, -0.05) is 12.1 Å². The Morgan fingerprint density at radius 1 is 1.19 bits per heavy atom. The van der Waals surface area contributed by atoms with Gasteiger partial charge in [0.05, 0.1) is 23.4 Å². The number of fused-ring (bicyclic) bond motifs is 2. The van der Waals surface area contributed by atoms with Crippen molar-refractivity contribution < 1.29 is 14.6 Å². The van der Waals surface area contributed by atoms with E-state index in [-0.39, 0.29) is 23.6 Å². The maximum atomic E-state index is 12.7. The van der Waals surface area contributed by atoms with Gasteiger partial charge in [0.25, 0.3) is 5.91 Å². The van der Waals surface area contributed by atoms with Gasteiger partial charge in [0.2, 0.25) is 5.88 Å². The minimum atomic E-state index is -0.129. The number of hydrogen-bond donors (Lipinski definition) is 3. The highest BCUT2D eigenvalue weighted by Gasteiger charge is 2.26. The van der Waals surface area contributed by atoms with Gasteiger partial charge < -0.3 is 20.6 Å². The van der Waals surface area contributed by atoms with Gasteiger partial charge in [0.1, 0.15) is 11.6 Å². The van der Waals surface area contributed by atoms with Gasteiger partial charge in [-0.2, -0.15) is 10.1 Å². The molecule has 2 atom stereocenters. The molecule has 4 heterocycles. The van der Waals surface area contributed by atoms with Crippen molar-refractivity contribution in [2.75, 3.05) is 19.7 Å². The molecule has 36 heavy (non-hydrogen) atoms. The average Bonchev–Trinajstić information content (AvgIpc) is 3.63. The highest BCUT2D eigenvalue weighted by molar-refractivity contribution is 7.09. The first kappa shape index (κ1) is 22.5. The maximum Gasteiger partial charge on any atom is 0.251 e. The molecule has 3 N–H and O–H groups in total. The highest BCUT2D eigenvalue weighted by atomic mass is 32.1. The smallest absolute Gasteiger partial charge is 0.251 e. The molecule has 0 radical (unpaired) electrons. The number of nitrogens with one attached hydrogen (secondary N) is 2. The van der Waals surface area contributed by atoms with Crippen LogP contribution in [-0.2, 0) is 12.8 Å². The van der Waals surface area contributed by atoms with Crippen molar-refractivity contribution in [2.45, 2.75) is 24.7 Å². The quantitative estimate of drug-likeness (QED) is 0.373. The molecule has 0 spiro atoms. The highest BCUT2D eigenvalue weighted by Crippen LogP contribution is 2.34. The van der Waals surface area contributed by atoms with Crippen LogP contribution in [0.15, 0.2) is 59.0 Å². The number of aromatic hydroxyl groups is 1. The minimum Gasteiger partial charge on any atom is -0.493 e. The summed E-state index contributed by atoms with van der Waals surface area (Å²) in [5.41, 5.74) is 6.24. The zero-order chi connectivity index (χ0) is 24.5. The summed E-state index contributed by atoms with van der Waals surface area (Å²) in [6.07, 6.45) is 3.30. The number of nitrogens with zero attached hydrogens (tertiary/aromatic N) is 3. The number of ether oxygens (including phenoxy) is 1. The van der Waals surface area contributed by atoms with Crippen LogP contribution in [0, 0.1) is 0 Å². The summed E-state index contributed by atoms with van der Waals surface area (Å²) in [5.74, 6) is 1.20. The standard InChI is InChI=1S/C27H25N5O3S/c33-26(28-8-7-21-2-1-9-36-21)17-4-6-24-18(10-17)11-19(15-35-24)25-31-23-5-3-16(20-13-29-30-14-20)12-22(23)27(34)32-25/h1-6,9-10,12-13,19-20,30H,7-8,11,14-15H2,(H,28,33)(H,31,32,34). The van der Waals surface area contributed by atoms with Gasteiger partial charge in [-0.15, -0.1) is 11.3 Å². The van der Waals surface area contributed by atoms with Crippen LogP contribution < -0.4 is 15.5 Å². The predicted molar refractivity (Wildman–Crippen MR) is 139 cm³/mol. The van der Waals surface area contributed by atoms with Crippen molar-refractivity contribution in [1.29, 1.82) is 0 Å². The van der Waals surface area contributed by atoms with E-state index in [1.807, 2.05) is 48.0 Å². The van der Waals surface area contributed by atoms with Crippen molar-refractivity contribution in [3.8, 4) is 11.6 Å². The summed E-state index contributed by atoms with van der Waals surface area (Å²) in [6.45, 7) is 1.73. The van der Waals surface area contributed by atoms with Gasteiger partial charge in [0.15, 0.2) is 0 Å². The lowest BCUT2D eigenvalue weighted by Crippen LogP contribution is -2.26. The lowest BCUT2D eigenvalue weighted by molar-refractivity contribution is 0.0954. The lowest BCUT2D eigenvalue weighted by Gasteiger charge is -2.25. The van der Waals surface area contributed by atoms with E-state index >= 15 is 0 Å². The van der Waals surface area contributed by atoms with Crippen LogP contribution in [0.4, 0.5) is 0 Å². The molecule has 0 saturated heterocycles. The number of benzene rings is 2. The van der Waals surface area contributed by atoms with Crippen LogP contribution >= 0.6 is 11.3 Å². The predicted octanol–water partition coefficient (Wildman–Crippen LogP) is 3.76. The van der Waals surface area contributed by atoms with Gasteiger partial charge >= 0.3 is 0 Å². The van der Waals surface area contributed by atoms with Crippen molar-refractivity contribution in [3.05, 3.63) is 81.3 Å². The second-order valence-electron chi connectivity index (χ2n) is 9.05. The van der Waals surface area contributed by atoms with Gasteiger partial charge in [-0.3, -0.25) is 4.79 Å². The van der Waals surface area contributed by atoms with E-state index in [4.69, 9.17) is 9.72 Å². The van der Waals surface area contributed by atoms with E-state index in [0.717, 1.165) is 29.8 Å². The molecule has 2 aromatic heterocycles. The van der Waals surface area contributed by atoms with E-state index < -0.39 is 0 Å². The Labute approximate surface area is 212 Å². The number of amides is 1. The Hall–Kier alpha value is -3.98. The van der Waals surface area contributed by atoms with Crippen molar-refractivity contribution in [3.63, 3.8) is 0 Å². The molecule has 0 saturated carbocycles. The molecule has 2 aliphatic rings. The number of thiophene rings is 1. The van der Waals surface area contributed by atoms with Gasteiger partial charge in [0, 0.05) is 35.7 Å². The first-order valence-corrected chi connectivity index (χ1v) is 12.8. The zero-order valence-corrected chi connectivity index (χ0v) is 20.3. The first-order chi connectivity index (χ1) is 17.6. The number of rotatable bonds is 6. The van der Waals surface area contributed by atoms with Crippen LogP contribution in [0.2, 0.25) is 0 Å². The summed E-state index contributed by atoms with van der Waals surface area (Å²) in [4.78, 5) is 23.1. The third-order valence-electron chi connectivity index (χ3n) is 6.63. The van der Waals surface area contributed by atoms with Crippen molar-refractivity contribution in [2.24, 2.45) is 5.10 Å². The van der Waals surface area contributed by atoms with E-state index in [9.17, 15) is 9.90 Å². The number of carbonyl (C=O) groups is 1. The van der Waals surface area contributed by atoms with E-state index in [2.05, 4.69) is 26.9 Å². The lowest BCUT2D eigenvalue weighted by atomic mass is 9.94. The molecule has 2 aliphatic heterocycles. The number of hydrogen-bond acceptors (Lipinski definition) is 8. The molecule has 2 unspecified atom stereocenters. The van der Waals surface area contributed by atoms with Crippen molar-refractivity contribution in [1.82, 2.24) is 20.7 Å². The molecule has 9 heteroatoms. The molecule has 0 aliphatic carbocycles. The van der Waals surface area contributed by atoms with E-state index in [0.29, 0.717) is 41.9 Å². The molecular weight excluding hydrogens is 474 g/mol. The second-order valence-corrected chi connectivity index (χ2v) is 10.1. The zero-order valence-electron chi connectivity index (χ0n) is 19.5. The molecule has 2 aromatic carbocycles. The van der Waals surface area contributed by atoms with Crippen LogP contribution in [0.3, 0.4) is 0 Å². The van der Waals surface area contributed by atoms with Crippen molar-refractivity contribution >= 4 is 34.4 Å². The Bertz CT molecular complexity index is 1450. The topological polar surface area (TPSA) is 109 Å². The normalized spacial score (nSPS) is 18.4. The third kappa shape index (κ3) is 4.49.